The van der Waals surface area contributed by atoms with Gasteiger partial charge in [0.05, 0.1) is 0 Å². The van der Waals surface area contributed by atoms with Crippen LogP contribution >= 0.6 is 0 Å². The molecule has 3 rings (SSSR count). The molecule has 0 bridgehead atoms. The van der Waals surface area contributed by atoms with Crippen LogP contribution in [-0.2, 0) is 31.0 Å². The summed E-state index contributed by atoms with van der Waals surface area (Å²) in [5.74, 6) is -0.750. The van der Waals surface area contributed by atoms with Gasteiger partial charge in [0.15, 0.2) is 0 Å². The number of fused-ring (bicyclic) bond motifs is 1. The van der Waals surface area contributed by atoms with E-state index in [0.29, 0.717) is 6.42 Å². The Labute approximate surface area is 156 Å². The molecule has 0 aromatic heterocycles. The Morgan fingerprint density at radius 3 is 2.31 bits per heavy atom. The molecule has 0 saturated heterocycles. The van der Waals surface area contributed by atoms with Crippen LogP contribution in [0.5, 0.6) is 0 Å². The third-order valence-electron chi connectivity index (χ3n) is 5.38. The molecule has 26 heavy (non-hydrogen) atoms. The third-order valence-corrected chi connectivity index (χ3v) is 26.8. The molecule has 0 aliphatic heterocycles. The standard InChI is InChI=1S/C9H7.C5H5.2C2H4O2.C2H6Si.Ti/c1-2-5-9-7-3-6-8(9)4-1;1-2-4-5-3-1;2*1-2(3)4;1-3-2;/h1-7H;1-3H,4H2;2*1H3,(H,3,4);1-2H3;/q;;;;;+2/p-2. The van der Waals surface area contributed by atoms with Crippen LogP contribution in [0.1, 0.15) is 35.6 Å². The molecule has 1 unspecified atom stereocenters. The minimum absolute atomic E-state index is 0.189. The summed E-state index contributed by atoms with van der Waals surface area (Å²) in [5, 5.41) is 0. The Balaban J connectivity index is 2.43. The van der Waals surface area contributed by atoms with Crippen molar-refractivity contribution in [1.82, 2.24) is 0 Å². The molecule has 0 heterocycles. The summed E-state index contributed by atoms with van der Waals surface area (Å²) in [6, 6.07) is 8.09. The van der Waals surface area contributed by atoms with Crippen molar-refractivity contribution >= 4 is 24.2 Å². The number of carbonyl (C=O) groups is 2. The summed E-state index contributed by atoms with van der Waals surface area (Å²) in [5.41, 5.74) is 2.19. The van der Waals surface area contributed by atoms with Gasteiger partial charge in [0, 0.05) is 0 Å². The molecular weight excluding hydrogens is 380 g/mol. The summed E-state index contributed by atoms with van der Waals surface area (Å²) in [7, 11) is 0. The first-order valence-corrected chi connectivity index (χ1v) is 16.6. The van der Waals surface area contributed by atoms with E-state index >= 15 is 0 Å². The van der Waals surface area contributed by atoms with E-state index in [4.69, 9.17) is 6.64 Å². The zero-order valence-electron chi connectivity index (χ0n) is 15.6. The maximum atomic E-state index is 12.4. The molecule has 1 atom stereocenters. The number of carbonyl (C=O) groups excluding carboxylic acids is 2. The molecule has 0 N–H and O–H groups in total. The average Bonchev–Trinajstić information content (AvgIpc) is 3.23. The second-order valence-corrected chi connectivity index (χ2v) is 23.9. The van der Waals surface area contributed by atoms with Crippen molar-refractivity contribution < 1.29 is 31.0 Å². The average molecular weight is 404 g/mol. The molecule has 2 aliphatic rings. The van der Waals surface area contributed by atoms with E-state index in [2.05, 4.69) is 31.3 Å². The molecule has 4 nitrogen and oxygen atoms in total. The first-order chi connectivity index (χ1) is 12.3. The predicted molar refractivity (Wildman–Crippen MR) is 101 cm³/mol. The van der Waals surface area contributed by atoms with Crippen LogP contribution in [0.15, 0.2) is 52.4 Å². The van der Waals surface area contributed by atoms with Gasteiger partial charge in [0.25, 0.3) is 0 Å². The normalized spacial score (nSPS) is 18.3. The summed E-state index contributed by atoms with van der Waals surface area (Å²) in [6.07, 6.45) is 9.49. The Morgan fingerprint density at radius 2 is 1.77 bits per heavy atom. The quantitative estimate of drug-likeness (QED) is 0.694. The van der Waals surface area contributed by atoms with Gasteiger partial charge in [-0.1, -0.05) is 0 Å². The van der Waals surface area contributed by atoms with Gasteiger partial charge >= 0.3 is 156 Å². The van der Waals surface area contributed by atoms with Crippen LogP contribution in [0.2, 0.25) is 13.1 Å². The summed E-state index contributed by atoms with van der Waals surface area (Å²) in [4.78, 5) is 24.7. The Hall–Kier alpha value is -1.69. The van der Waals surface area contributed by atoms with Crippen molar-refractivity contribution in [2.24, 2.45) is 0 Å². The molecule has 0 fully saturated rings. The van der Waals surface area contributed by atoms with Crippen LogP contribution in [0.4, 0.5) is 0 Å². The predicted octanol–water partition coefficient (Wildman–Crippen LogP) is 4.50. The van der Waals surface area contributed by atoms with Crippen LogP contribution < -0.4 is 0 Å². The molecule has 6 heteroatoms. The Bertz CT molecular complexity index is 928. The molecular formula is C20H24O4SiTi. The van der Waals surface area contributed by atoms with Crippen LogP contribution in [-0.4, -0.2) is 18.1 Å². The van der Waals surface area contributed by atoms with Crippen molar-refractivity contribution in [2.45, 2.75) is 37.6 Å². The number of benzene rings is 1. The molecule has 0 saturated carbocycles. The van der Waals surface area contributed by atoms with Crippen molar-refractivity contribution in [3.8, 4) is 0 Å². The minimum atomic E-state index is -4.76. The van der Waals surface area contributed by atoms with E-state index in [1.165, 1.54) is 13.8 Å². The molecule has 0 amide bonds. The van der Waals surface area contributed by atoms with Crippen LogP contribution in [0, 0.1) is 0 Å². The van der Waals surface area contributed by atoms with E-state index in [0.717, 1.165) is 15.0 Å². The van der Waals surface area contributed by atoms with Gasteiger partial charge in [0.1, 0.15) is 0 Å². The van der Waals surface area contributed by atoms with E-state index in [1.54, 1.807) is 0 Å². The Morgan fingerprint density at radius 1 is 1.12 bits per heavy atom. The fourth-order valence-electron chi connectivity index (χ4n) is 4.39. The van der Waals surface area contributed by atoms with E-state index in [-0.39, 0.29) is 16.2 Å². The fourth-order valence-corrected chi connectivity index (χ4v) is 23.6. The first-order valence-electron chi connectivity index (χ1n) is 8.80. The van der Waals surface area contributed by atoms with Crippen LogP contribution in [0.3, 0.4) is 0 Å². The number of hydrogen-bond donors (Lipinski definition) is 0. The third kappa shape index (κ3) is 2.70. The van der Waals surface area contributed by atoms with Crippen LogP contribution in [0.25, 0.3) is 6.08 Å². The van der Waals surface area contributed by atoms with Crippen molar-refractivity contribution in [3.63, 3.8) is 0 Å². The van der Waals surface area contributed by atoms with Gasteiger partial charge in [0.2, 0.25) is 0 Å². The zero-order chi connectivity index (χ0) is 19.0. The number of allylic oxidation sites excluding steroid dienone is 5. The monoisotopic (exact) mass is 404 g/mol. The second kappa shape index (κ2) is 6.80. The van der Waals surface area contributed by atoms with E-state index < -0.39 is 21.0 Å². The van der Waals surface area contributed by atoms with Gasteiger partial charge in [-0.3, -0.25) is 0 Å². The molecule has 1 aromatic rings. The topological polar surface area (TPSA) is 52.6 Å². The first kappa shape index (κ1) is 19.1. The molecule has 2 aliphatic carbocycles. The second-order valence-electron chi connectivity index (χ2n) is 7.12. The SMILES string of the molecule is CC(=O)[O][Ti]([O]C(C)=O)([C]1=CC=CC1)([CH]1C=Cc2ccccc21)=[Si](C)C. The summed E-state index contributed by atoms with van der Waals surface area (Å²) >= 11 is -4.76. The molecule has 0 radical (unpaired) electrons. The summed E-state index contributed by atoms with van der Waals surface area (Å²) in [6.45, 7) is 7.07. The van der Waals surface area contributed by atoms with Crippen molar-refractivity contribution in [2.75, 3.05) is 0 Å². The van der Waals surface area contributed by atoms with Gasteiger partial charge < -0.3 is 0 Å². The zero-order valence-corrected chi connectivity index (χ0v) is 18.2. The van der Waals surface area contributed by atoms with Gasteiger partial charge in [-0.2, -0.15) is 0 Å². The van der Waals surface area contributed by atoms with E-state index in [1.807, 2.05) is 36.4 Å². The van der Waals surface area contributed by atoms with Gasteiger partial charge in [-0.05, 0) is 0 Å². The molecule has 136 valence electrons. The number of hydrogen-bond acceptors (Lipinski definition) is 4. The fraction of sp³-hybridized carbons (Fsp3) is 0.300. The van der Waals surface area contributed by atoms with E-state index in [9.17, 15) is 9.59 Å². The Kier molecular flexibility index (Phi) is 4.99. The number of rotatable bonds is 4. The van der Waals surface area contributed by atoms with Crippen molar-refractivity contribution in [1.29, 1.82) is 0 Å². The molecule has 1 aromatic carbocycles. The van der Waals surface area contributed by atoms with Gasteiger partial charge in [-0.15, -0.1) is 0 Å². The molecule has 0 spiro atoms. The van der Waals surface area contributed by atoms with Gasteiger partial charge in [-0.25, -0.2) is 0 Å². The maximum absolute atomic E-state index is 12.4. The summed E-state index contributed by atoms with van der Waals surface area (Å²) < 4.78 is 13.5. The van der Waals surface area contributed by atoms with Crippen molar-refractivity contribution in [3.05, 3.63) is 63.6 Å².